The van der Waals surface area contributed by atoms with Gasteiger partial charge < -0.3 is 5.11 Å². The second-order valence-electron chi connectivity index (χ2n) is 3.25. The number of carboxylic acid groups (broad SMARTS) is 1. The summed E-state index contributed by atoms with van der Waals surface area (Å²) in [7, 11) is 0. The maximum Gasteiger partial charge on any atom is 0.328 e. The lowest BCUT2D eigenvalue weighted by atomic mass is 10.2. The van der Waals surface area contributed by atoms with Crippen LogP contribution in [0.5, 0.6) is 0 Å². The van der Waals surface area contributed by atoms with Crippen molar-refractivity contribution in [3.63, 3.8) is 0 Å². The topological polar surface area (TPSA) is 76.0 Å². The van der Waals surface area contributed by atoms with E-state index < -0.39 is 5.97 Å². The zero-order chi connectivity index (χ0) is 12.1. The number of hydrogen-bond acceptors (Lipinski definition) is 4. The summed E-state index contributed by atoms with van der Waals surface area (Å²) < 4.78 is 0. The van der Waals surface area contributed by atoms with Gasteiger partial charge in [0.05, 0.1) is 0 Å². The summed E-state index contributed by atoms with van der Waals surface area (Å²) in [6, 6.07) is 3.62. The molecule has 0 saturated heterocycles. The van der Waals surface area contributed by atoms with Crippen molar-refractivity contribution in [3.05, 3.63) is 48.6 Å². The number of carboxylic acids is 1. The number of rotatable bonds is 3. The van der Waals surface area contributed by atoms with Crippen molar-refractivity contribution in [2.45, 2.75) is 0 Å². The first kappa shape index (κ1) is 10.9. The molecule has 84 valence electrons. The van der Waals surface area contributed by atoms with Gasteiger partial charge >= 0.3 is 5.97 Å². The fourth-order valence-corrected chi connectivity index (χ4v) is 1.24. The third-order valence-corrected chi connectivity index (χ3v) is 2.03. The zero-order valence-electron chi connectivity index (χ0n) is 8.82. The van der Waals surface area contributed by atoms with E-state index in [-0.39, 0.29) is 0 Å². The van der Waals surface area contributed by atoms with Gasteiger partial charge in [-0.05, 0) is 18.2 Å². The smallest absolute Gasteiger partial charge is 0.328 e. The number of nitrogens with zero attached hydrogens (tertiary/aromatic N) is 3. The average Bonchev–Trinajstić information content (AvgIpc) is 2.38. The van der Waals surface area contributed by atoms with Crippen molar-refractivity contribution < 1.29 is 9.90 Å². The van der Waals surface area contributed by atoms with Gasteiger partial charge in [-0.25, -0.2) is 14.8 Å². The van der Waals surface area contributed by atoms with Crippen LogP contribution in [0.3, 0.4) is 0 Å². The molecule has 0 saturated carbocycles. The van der Waals surface area contributed by atoms with Crippen molar-refractivity contribution in [2.75, 3.05) is 0 Å². The zero-order valence-corrected chi connectivity index (χ0v) is 8.82. The Morgan fingerprint density at radius 3 is 2.41 bits per heavy atom. The highest BCUT2D eigenvalue weighted by Crippen LogP contribution is 2.12. The Labute approximate surface area is 97.5 Å². The van der Waals surface area contributed by atoms with E-state index >= 15 is 0 Å². The predicted octanol–water partition coefficient (Wildman–Crippen LogP) is 1.64. The first-order valence-corrected chi connectivity index (χ1v) is 4.89. The summed E-state index contributed by atoms with van der Waals surface area (Å²) >= 11 is 0. The van der Waals surface area contributed by atoms with E-state index in [1.165, 1.54) is 6.08 Å². The highest BCUT2D eigenvalue weighted by molar-refractivity contribution is 5.85. The van der Waals surface area contributed by atoms with Crippen molar-refractivity contribution in [3.8, 4) is 11.4 Å². The molecule has 0 aromatic carbocycles. The largest absolute Gasteiger partial charge is 0.478 e. The number of hydrogen-bond donors (Lipinski definition) is 1. The van der Waals surface area contributed by atoms with Crippen molar-refractivity contribution >= 4 is 12.0 Å². The van der Waals surface area contributed by atoms with Gasteiger partial charge in [-0.3, -0.25) is 4.98 Å². The molecular weight excluding hydrogens is 218 g/mol. The van der Waals surface area contributed by atoms with Crippen molar-refractivity contribution in [2.24, 2.45) is 0 Å². The molecule has 0 spiro atoms. The van der Waals surface area contributed by atoms with E-state index in [1.807, 2.05) is 12.1 Å². The predicted molar refractivity (Wildman–Crippen MR) is 61.9 cm³/mol. The van der Waals surface area contributed by atoms with Crippen LogP contribution in [-0.2, 0) is 4.79 Å². The highest BCUT2D eigenvalue weighted by Gasteiger charge is 1.99. The lowest BCUT2D eigenvalue weighted by molar-refractivity contribution is -0.131. The molecule has 5 nitrogen and oxygen atoms in total. The molecule has 2 heterocycles. The van der Waals surface area contributed by atoms with Crippen LogP contribution in [0.1, 0.15) is 5.56 Å². The normalized spacial score (nSPS) is 10.6. The quantitative estimate of drug-likeness (QED) is 0.806. The molecule has 2 aromatic heterocycles. The molecule has 2 rings (SSSR count). The van der Waals surface area contributed by atoms with E-state index in [9.17, 15) is 4.79 Å². The third-order valence-electron chi connectivity index (χ3n) is 2.03. The molecule has 0 aliphatic carbocycles. The van der Waals surface area contributed by atoms with Gasteiger partial charge in [-0.1, -0.05) is 0 Å². The minimum Gasteiger partial charge on any atom is -0.478 e. The van der Waals surface area contributed by atoms with Crippen LogP contribution in [0.2, 0.25) is 0 Å². The van der Waals surface area contributed by atoms with Gasteiger partial charge in [0, 0.05) is 42.0 Å². The summed E-state index contributed by atoms with van der Waals surface area (Å²) in [4.78, 5) is 22.5. The number of aromatic nitrogens is 3. The molecule has 17 heavy (non-hydrogen) atoms. The van der Waals surface area contributed by atoms with Gasteiger partial charge in [0.25, 0.3) is 0 Å². The van der Waals surface area contributed by atoms with Crippen LogP contribution >= 0.6 is 0 Å². The maximum atomic E-state index is 10.3. The van der Waals surface area contributed by atoms with Gasteiger partial charge in [0.15, 0.2) is 5.82 Å². The highest BCUT2D eigenvalue weighted by atomic mass is 16.4. The van der Waals surface area contributed by atoms with E-state index in [4.69, 9.17) is 5.11 Å². The molecule has 0 atom stereocenters. The molecule has 2 aromatic rings. The minimum atomic E-state index is -0.997. The van der Waals surface area contributed by atoms with Crippen LogP contribution in [0.25, 0.3) is 17.5 Å². The molecule has 1 N–H and O–H groups in total. The Bertz CT molecular complexity index is 535. The first-order chi connectivity index (χ1) is 8.25. The van der Waals surface area contributed by atoms with Crippen LogP contribution in [0.4, 0.5) is 0 Å². The fraction of sp³-hybridized carbons (Fsp3) is 0. The van der Waals surface area contributed by atoms with Crippen LogP contribution in [0, 0.1) is 0 Å². The van der Waals surface area contributed by atoms with Gasteiger partial charge in [-0.2, -0.15) is 0 Å². The lowest BCUT2D eigenvalue weighted by Crippen LogP contribution is -1.90. The summed E-state index contributed by atoms with van der Waals surface area (Å²) in [6.45, 7) is 0. The van der Waals surface area contributed by atoms with Crippen LogP contribution in [0.15, 0.2) is 43.0 Å². The molecule has 0 fully saturated rings. The summed E-state index contributed by atoms with van der Waals surface area (Å²) in [5.74, 6) is -0.414. The molecule has 5 heteroatoms. The molecule has 0 amide bonds. The maximum absolute atomic E-state index is 10.3. The van der Waals surface area contributed by atoms with E-state index in [0.717, 1.165) is 11.6 Å². The van der Waals surface area contributed by atoms with Crippen molar-refractivity contribution in [1.29, 1.82) is 0 Å². The Balaban J connectivity index is 2.22. The number of carbonyl (C=O) groups is 1. The molecular formula is C12H9N3O2. The van der Waals surface area contributed by atoms with Gasteiger partial charge in [0.1, 0.15) is 0 Å². The third kappa shape index (κ3) is 2.94. The lowest BCUT2D eigenvalue weighted by Gasteiger charge is -1.98. The summed E-state index contributed by atoms with van der Waals surface area (Å²) in [5.41, 5.74) is 1.51. The second kappa shape index (κ2) is 4.98. The standard InChI is InChI=1S/C12H9N3O2/c16-11(17)2-1-9-7-14-12(15-8-9)10-3-5-13-6-4-10/h1-8H,(H,16,17)/b2-1+. The Morgan fingerprint density at radius 2 is 1.82 bits per heavy atom. The number of pyridine rings is 1. The molecule has 0 aliphatic heterocycles. The minimum absolute atomic E-state index is 0.583. The SMILES string of the molecule is O=C(O)/C=C/c1cnc(-c2ccncc2)nc1. The average molecular weight is 227 g/mol. The van der Waals surface area contributed by atoms with Crippen LogP contribution < -0.4 is 0 Å². The van der Waals surface area contributed by atoms with Crippen molar-refractivity contribution in [1.82, 2.24) is 15.0 Å². The Hall–Kier alpha value is -2.56. The molecule has 0 radical (unpaired) electrons. The summed E-state index contributed by atoms with van der Waals surface area (Å²) in [5, 5.41) is 8.47. The molecule has 0 bridgehead atoms. The van der Waals surface area contributed by atoms with Gasteiger partial charge in [0.2, 0.25) is 0 Å². The molecule has 0 aliphatic rings. The van der Waals surface area contributed by atoms with Crippen LogP contribution in [-0.4, -0.2) is 26.0 Å². The summed E-state index contributed by atoms with van der Waals surface area (Å²) in [6.07, 6.45) is 8.96. The Morgan fingerprint density at radius 1 is 1.18 bits per heavy atom. The number of aliphatic carboxylic acids is 1. The van der Waals surface area contributed by atoms with E-state index in [2.05, 4.69) is 15.0 Å². The monoisotopic (exact) mass is 227 g/mol. The van der Waals surface area contributed by atoms with E-state index in [0.29, 0.717) is 11.4 Å². The fourth-order valence-electron chi connectivity index (χ4n) is 1.24. The Kier molecular flexibility index (Phi) is 3.20. The van der Waals surface area contributed by atoms with E-state index in [1.54, 1.807) is 24.8 Å². The first-order valence-electron chi connectivity index (χ1n) is 4.89. The molecule has 0 unspecified atom stereocenters. The van der Waals surface area contributed by atoms with Gasteiger partial charge in [-0.15, -0.1) is 0 Å². The second-order valence-corrected chi connectivity index (χ2v) is 3.25.